The van der Waals surface area contributed by atoms with Crippen LogP contribution in [0.4, 0.5) is 0 Å². The van der Waals surface area contributed by atoms with Crippen molar-refractivity contribution in [3.05, 3.63) is 12.2 Å². The van der Waals surface area contributed by atoms with E-state index < -0.39 is 36.2 Å². The van der Waals surface area contributed by atoms with Gasteiger partial charge in [-0.15, -0.1) is 0 Å². The zero-order valence-electron chi connectivity index (χ0n) is 20.0. The van der Waals surface area contributed by atoms with E-state index in [1.54, 1.807) is 13.2 Å². The van der Waals surface area contributed by atoms with Crippen molar-refractivity contribution in [3.8, 4) is 11.8 Å². The van der Waals surface area contributed by atoms with Crippen LogP contribution in [0.25, 0.3) is 0 Å². The second kappa shape index (κ2) is 15.3. The Labute approximate surface area is 190 Å². The highest BCUT2D eigenvalue weighted by molar-refractivity contribution is 5.81. The molecule has 0 aromatic carbocycles. The number of esters is 1. The van der Waals surface area contributed by atoms with E-state index >= 15 is 0 Å². The molecule has 1 aliphatic rings. The largest absolute Gasteiger partial charge is 0.466 e. The molecule has 184 valence electrons. The van der Waals surface area contributed by atoms with Gasteiger partial charge in [-0.2, -0.15) is 0 Å². The van der Waals surface area contributed by atoms with Gasteiger partial charge in [-0.25, -0.2) is 4.79 Å². The molecule has 32 heavy (non-hydrogen) atoms. The molecule has 0 saturated carbocycles. The third-order valence-corrected chi connectivity index (χ3v) is 4.32. The summed E-state index contributed by atoms with van der Waals surface area (Å²) in [6, 6.07) is 0. The van der Waals surface area contributed by atoms with Gasteiger partial charge in [-0.05, 0) is 20.8 Å². The average Bonchev–Trinajstić information content (AvgIpc) is 3.10. The highest BCUT2D eigenvalue weighted by atomic mass is 16.8. The molecule has 5 atom stereocenters. The van der Waals surface area contributed by atoms with E-state index in [1.165, 1.54) is 27.4 Å². The molecule has 0 aromatic heterocycles. The predicted molar refractivity (Wildman–Crippen MR) is 113 cm³/mol. The lowest BCUT2D eigenvalue weighted by molar-refractivity contribution is -0.170. The standard InChI is InChI=1S/C22H36O10/c1-16(28-13-24-4)20-21(32-22(2,3)31-20)18(30-15-26-6)12-11-17(29-14-25-5)9-8-10-19(23)27-7/h8,10,16-18,20-21H,9,13-15H2,1-7H3/b10-8-/t16-,17+,18-,20-,21-/m0/s1. The maximum absolute atomic E-state index is 11.3. The summed E-state index contributed by atoms with van der Waals surface area (Å²) < 4.78 is 48.8. The predicted octanol–water partition coefficient (Wildman–Crippen LogP) is 1.62. The summed E-state index contributed by atoms with van der Waals surface area (Å²) in [4.78, 5) is 11.3. The second-order valence-electron chi connectivity index (χ2n) is 7.35. The SMILES string of the molecule is COCO[C@@H](C)[C@@H]1OC(C)(C)O[C@H]1[C@H](C#C[C@@H](C/C=C\C(=O)OC)OCOC)OCOC. The van der Waals surface area contributed by atoms with Crippen molar-refractivity contribution in [1.82, 2.24) is 0 Å². The summed E-state index contributed by atoms with van der Waals surface area (Å²) in [5.74, 6) is 4.77. The molecule has 0 aliphatic carbocycles. The molecular formula is C22H36O10. The van der Waals surface area contributed by atoms with E-state index in [2.05, 4.69) is 16.6 Å². The van der Waals surface area contributed by atoms with Crippen molar-refractivity contribution in [2.24, 2.45) is 0 Å². The first-order chi connectivity index (χ1) is 15.3. The molecule has 0 bridgehead atoms. The van der Waals surface area contributed by atoms with Crippen LogP contribution >= 0.6 is 0 Å². The third-order valence-electron chi connectivity index (χ3n) is 4.32. The Balaban J connectivity index is 3.06. The Kier molecular flexibility index (Phi) is 13.6. The molecule has 1 saturated heterocycles. The number of hydrogen-bond acceptors (Lipinski definition) is 10. The number of carbonyl (C=O) groups is 1. The molecular weight excluding hydrogens is 424 g/mol. The summed E-state index contributed by atoms with van der Waals surface area (Å²) >= 11 is 0. The van der Waals surface area contributed by atoms with Crippen LogP contribution in [-0.4, -0.2) is 91.1 Å². The van der Waals surface area contributed by atoms with Gasteiger partial charge in [0.25, 0.3) is 0 Å². The van der Waals surface area contributed by atoms with Gasteiger partial charge < -0.3 is 42.6 Å². The van der Waals surface area contributed by atoms with Gasteiger partial charge in [0, 0.05) is 33.8 Å². The van der Waals surface area contributed by atoms with Crippen LogP contribution in [0.15, 0.2) is 12.2 Å². The molecule has 0 spiro atoms. The fourth-order valence-electron chi connectivity index (χ4n) is 2.89. The van der Waals surface area contributed by atoms with Crippen molar-refractivity contribution in [2.45, 2.75) is 63.5 Å². The lowest BCUT2D eigenvalue weighted by atomic mass is 10.0. The molecule has 10 nitrogen and oxygen atoms in total. The summed E-state index contributed by atoms with van der Waals surface area (Å²) in [6.07, 6.45) is 0.641. The average molecular weight is 461 g/mol. The number of carbonyl (C=O) groups excluding carboxylic acids is 1. The van der Waals surface area contributed by atoms with Crippen LogP contribution in [0.3, 0.4) is 0 Å². The van der Waals surface area contributed by atoms with Crippen molar-refractivity contribution in [1.29, 1.82) is 0 Å². The van der Waals surface area contributed by atoms with Crippen molar-refractivity contribution in [2.75, 3.05) is 48.8 Å². The zero-order valence-corrected chi connectivity index (χ0v) is 20.0. The first-order valence-corrected chi connectivity index (χ1v) is 10.2. The minimum absolute atomic E-state index is 0.00546. The van der Waals surface area contributed by atoms with Gasteiger partial charge in [0.2, 0.25) is 0 Å². The van der Waals surface area contributed by atoms with Crippen LogP contribution in [0.1, 0.15) is 27.2 Å². The van der Waals surface area contributed by atoms with E-state index in [1.807, 2.05) is 20.8 Å². The van der Waals surface area contributed by atoms with Gasteiger partial charge in [0.15, 0.2) is 5.79 Å². The first kappa shape index (κ1) is 28.5. The minimum atomic E-state index is -0.856. The number of rotatable bonds is 14. The first-order valence-electron chi connectivity index (χ1n) is 10.2. The van der Waals surface area contributed by atoms with Gasteiger partial charge in [0.1, 0.15) is 44.8 Å². The van der Waals surface area contributed by atoms with Crippen LogP contribution in [-0.2, 0) is 47.4 Å². The van der Waals surface area contributed by atoms with E-state index in [0.717, 1.165) is 0 Å². The van der Waals surface area contributed by atoms with E-state index in [0.29, 0.717) is 6.42 Å². The smallest absolute Gasteiger partial charge is 0.330 e. The van der Waals surface area contributed by atoms with E-state index in [4.69, 9.17) is 37.9 Å². The molecule has 10 heteroatoms. The highest BCUT2D eigenvalue weighted by Gasteiger charge is 2.48. The Morgan fingerprint density at radius 1 is 0.938 bits per heavy atom. The summed E-state index contributed by atoms with van der Waals surface area (Å²) in [5, 5.41) is 0. The van der Waals surface area contributed by atoms with Crippen LogP contribution in [0.5, 0.6) is 0 Å². The molecule has 0 amide bonds. The molecule has 0 radical (unpaired) electrons. The number of methoxy groups -OCH3 is 4. The van der Waals surface area contributed by atoms with Crippen molar-refractivity contribution in [3.63, 3.8) is 0 Å². The third kappa shape index (κ3) is 10.4. The minimum Gasteiger partial charge on any atom is -0.466 e. The fourth-order valence-corrected chi connectivity index (χ4v) is 2.89. The summed E-state index contributed by atoms with van der Waals surface area (Å²) in [6.45, 7) is 5.65. The van der Waals surface area contributed by atoms with Crippen molar-refractivity contribution >= 4 is 5.97 Å². The summed E-state index contributed by atoms with van der Waals surface area (Å²) in [5.41, 5.74) is 0. The van der Waals surface area contributed by atoms with Crippen LogP contribution in [0.2, 0.25) is 0 Å². The molecule has 1 rings (SSSR count). The molecule has 0 N–H and O–H groups in total. The monoisotopic (exact) mass is 460 g/mol. The van der Waals surface area contributed by atoms with E-state index in [-0.39, 0.29) is 26.5 Å². The fraction of sp³-hybridized carbons (Fsp3) is 0.773. The van der Waals surface area contributed by atoms with Gasteiger partial charge in [-0.1, -0.05) is 17.9 Å². The number of ether oxygens (including phenoxy) is 9. The molecule has 0 unspecified atom stereocenters. The Morgan fingerprint density at radius 2 is 1.53 bits per heavy atom. The molecule has 0 aromatic rings. The zero-order chi connectivity index (χ0) is 24.0. The lowest BCUT2D eigenvalue weighted by Crippen LogP contribution is -2.43. The Bertz CT molecular complexity index is 624. The van der Waals surface area contributed by atoms with Crippen LogP contribution in [0, 0.1) is 11.8 Å². The molecule has 1 aliphatic heterocycles. The Hall–Kier alpha value is -1.55. The Morgan fingerprint density at radius 3 is 2.16 bits per heavy atom. The topological polar surface area (TPSA) is 100 Å². The molecule has 1 fully saturated rings. The maximum atomic E-state index is 11.3. The lowest BCUT2D eigenvalue weighted by Gasteiger charge is -2.26. The van der Waals surface area contributed by atoms with E-state index in [9.17, 15) is 4.79 Å². The van der Waals surface area contributed by atoms with Crippen molar-refractivity contribution < 1.29 is 47.4 Å². The maximum Gasteiger partial charge on any atom is 0.330 e. The second-order valence-corrected chi connectivity index (χ2v) is 7.35. The van der Waals surface area contributed by atoms with Gasteiger partial charge in [0.05, 0.1) is 13.2 Å². The van der Waals surface area contributed by atoms with Gasteiger partial charge in [-0.3, -0.25) is 0 Å². The quantitative estimate of drug-likeness (QED) is 0.164. The van der Waals surface area contributed by atoms with Gasteiger partial charge >= 0.3 is 5.97 Å². The summed E-state index contributed by atoms with van der Waals surface area (Å²) in [7, 11) is 5.88. The number of hydrogen-bond donors (Lipinski definition) is 0. The molecule has 1 heterocycles. The van der Waals surface area contributed by atoms with Crippen LogP contribution < -0.4 is 0 Å². The normalized spacial score (nSPS) is 22.8. The highest BCUT2D eigenvalue weighted by Crippen LogP contribution is 2.33.